The van der Waals surface area contributed by atoms with Crippen LogP contribution in [0.5, 0.6) is 0 Å². The van der Waals surface area contributed by atoms with Crippen LogP contribution in [0.3, 0.4) is 0 Å². The van der Waals surface area contributed by atoms with E-state index in [-0.39, 0.29) is 18.7 Å². The van der Waals surface area contributed by atoms with E-state index in [1.165, 1.54) is 24.3 Å². The predicted molar refractivity (Wildman–Crippen MR) is 59.0 cm³/mol. The molecule has 0 heterocycles. The van der Waals surface area contributed by atoms with Crippen LogP contribution < -0.4 is 5.73 Å². The van der Waals surface area contributed by atoms with Gasteiger partial charge in [-0.25, -0.2) is 4.39 Å². The minimum atomic E-state index is -1.11. The highest BCUT2D eigenvalue weighted by atomic mass is 19.1. The summed E-state index contributed by atoms with van der Waals surface area (Å²) in [5.74, 6) is -0.800. The molecule has 16 heavy (non-hydrogen) atoms. The van der Waals surface area contributed by atoms with Crippen molar-refractivity contribution >= 4 is 5.91 Å². The normalized spacial score (nSPS) is 14.4. The van der Waals surface area contributed by atoms with E-state index in [2.05, 4.69) is 0 Å². The number of hydrogen-bond donors (Lipinski definition) is 2. The van der Waals surface area contributed by atoms with Gasteiger partial charge >= 0.3 is 0 Å². The number of nitrogens with two attached hydrogens (primary N) is 1. The van der Waals surface area contributed by atoms with Crippen molar-refractivity contribution in [3.8, 4) is 0 Å². The van der Waals surface area contributed by atoms with Gasteiger partial charge in [0.1, 0.15) is 5.82 Å². The van der Waals surface area contributed by atoms with Crippen LogP contribution in [0.4, 0.5) is 4.39 Å². The Bertz CT molecular complexity index is 364. The lowest BCUT2D eigenvalue weighted by Gasteiger charge is -2.26. The largest absolute Gasteiger partial charge is 0.385 e. The van der Waals surface area contributed by atoms with Crippen molar-refractivity contribution in [2.45, 2.75) is 31.8 Å². The van der Waals surface area contributed by atoms with Gasteiger partial charge in [0.2, 0.25) is 5.91 Å². The quantitative estimate of drug-likeness (QED) is 0.801. The first-order chi connectivity index (χ1) is 7.48. The maximum Gasteiger partial charge on any atom is 0.217 e. The number of benzene rings is 1. The van der Waals surface area contributed by atoms with Gasteiger partial charge in [0.05, 0.1) is 5.60 Å². The molecule has 0 saturated carbocycles. The zero-order valence-corrected chi connectivity index (χ0v) is 9.24. The molecule has 1 rings (SSSR count). The maximum absolute atomic E-state index is 12.7. The van der Waals surface area contributed by atoms with Gasteiger partial charge in [-0.05, 0) is 30.5 Å². The first-order valence-corrected chi connectivity index (χ1v) is 5.24. The first kappa shape index (κ1) is 12.6. The fourth-order valence-electron chi connectivity index (χ4n) is 1.62. The summed E-state index contributed by atoms with van der Waals surface area (Å²) < 4.78 is 12.7. The monoisotopic (exact) mass is 225 g/mol. The fraction of sp³-hybridized carbons (Fsp3) is 0.417. The number of primary amides is 1. The zero-order chi connectivity index (χ0) is 12.2. The Balaban J connectivity index is 2.86. The van der Waals surface area contributed by atoms with E-state index in [0.29, 0.717) is 12.0 Å². The van der Waals surface area contributed by atoms with E-state index < -0.39 is 11.5 Å². The summed E-state index contributed by atoms with van der Waals surface area (Å²) >= 11 is 0. The van der Waals surface area contributed by atoms with Crippen molar-refractivity contribution in [3.63, 3.8) is 0 Å². The van der Waals surface area contributed by atoms with Crippen LogP contribution in [0.25, 0.3) is 0 Å². The molecule has 0 bridgehead atoms. The van der Waals surface area contributed by atoms with Gasteiger partial charge in [-0.15, -0.1) is 0 Å². The molecule has 0 aliphatic carbocycles. The van der Waals surface area contributed by atoms with Crippen LogP contribution >= 0.6 is 0 Å². The second-order valence-corrected chi connectivity index (χ2v) is 3.86. The molecule has 1 aromatic rings. The molecule has 0 spiro atoms. The lowest BCUT2D eigenvalue weighted by molar-refractivity contribution is -0.119. The highest BCUT2D eigenvalue weighted by molar-refractivity contribution is 5.73. The third kappa shape index (κ3) is 3.03. The molecule has 0 saturated heterocycles. The number of hydrogen-bond acceptors (Lipinski definition) is 2. The zero-order valence-electron chi connectivity index (χ0n) is 9.24. The molecular weight excluding hydrogens is 209 g/mol. The van der Waals surface area contributed by atoms with Gasteiger partial charge in [-0.3, -0.25) is 4.79 Å². The van der Waals surface area contributed by atoms with Gasteiger partial charge in [0.15, 0.2) is 0 Å². The molecule has 88 valence electrons. The second-order valence-electron chi connectivity index (χ2n) is 3.86. The van der Waals surface area contributed by atoms with E-state index in [1.807, 2.05) is 6.92 Å². The molecule has 1 atom stereocenters. The van der Waals surface area contributed by atoms with Gasteiger partial charge in [0, 0.05) is 6.42 Å². The Morgan fingerprint density at radius 2 is 2.00 bits per heavy atom. The number of aliphatic hydroxyl groups is 1. The van der Waals surface area contributed by atoms with Crippen molar-refractivity contribution in [2.75, 3.05) is 0 Å². The van der Waals surface area contributed by atoms with Crippen LogP contribution in [0.2, 0.25) is 0 Å². The first-order valence-electron chi connectivity index (χ1n) is 5.24. The number of halogens is 1. The summed E-state index contributed by atoms with van der Waals surface area (Å²) in [5, 5.41) is 10.3. The SMILES string of the molecule is CC[C@@](O)(CCC(N)=O)c1ccc(F)cc1. The molecule has 0 aliphatic rings. The molecule has 0 radical (unpaired) electrons. The van der Waals surface area contributed by atoms with Crippen LogP contribution in [-0.2, 0) is 10.4 Å². The molecule has 3 nitrogen and oxygen atoms in total. The Morgan fingerprint density at radius 3 is 2.44 bits per heavy atom. The van der Waals surface area contributed by atoms with Crippen molar-refractivity contribution < 1.29 is 14.3 Å². The van der Waals surface area contributed by atoms with Gasteiger partial charge in [-0.1, -0.05) is 19.1 Å². The van der Waals surface area contributed by atoms with Crippen molar-refractivity contribution in [2.24, 2.45) is 5.73 Å². The van der Waals surface area contributed by atoms with Crippen molar-refractivity contribution in [1.82, 2.24) is 0 Å². The van der Waals surface area contributed by atoms with E-state index in [1.54, 1.807) is 0 Å². The predicted octanol–water partition coefficient (Wildman–Crippen LogP) is 1.69. The van der Waals surface area contributed by atoms with Crippen molar-refractivity contribution in [1.29, 1.82) is 0 Å². The summed E-state index contributed by atoms with van der Waals surface area (Å²) in [5.41, 5.74) is 4.55. The average Bonchev–Trinajstić information content (AvgIpc) is 2.27. The molecule has 3 N–H and O–H groups in total. The maximum atomic E-state index is 12.7. The van der Waals surface area contributed by atoms with E-state index in [0.717, 1.165) is 0 Å². The minimum Gasteiger partial charge on any atom is -0.385 e. The van der Waals surface area contributed by atoms with Gasteiger partial charge in [-0.2, -0.15) is 0 Å². The highest BCUT2D eigenvalue weighted by Crippen LogP contribution is 2.29. The van der Waals surface area contributed by atoms with E-state index in [9.17, 15) is 14.3 Å². The molecule has 0 unspecified atom stereocenters. The summed E-state index contributed by atoms with van der Waals surface area (Å²) in [6.07, 6.45) is 0.818. The summed E-state index contributed by atoms with van der Waals surface area (Å²) in [6.45, 7) is 1.81. The number of carbonyl (C=O) groups excluding carboxylic acids is 1. The number of rotatable bonds is 5. The van der Waals surface area contributed by atoms with Gasteiger partial charge < -0.3 is 10.8 Å². The third-order valence-corrected chi connectivity index (χ3v) is 2.75. The fourth-order valence-corrected chi connectivity index (χ4v) is 1.62. The van der Waals surface area contributed by atoms with Crippen LogP contribution in [0, 0.1) is 5.82 Å². The lowest BCUT2D eigenvalue weighted by atomic mass is 9.86. The van der Waals surface area contributed by atoms with E-state index >= 15 is 0 Å². The minimum absolute atomic E-state index is 0.113. The number of amides is 1. The molecule has 1 aromatic carbocycles. The van der Waals surface area contributed by atoms with Crippen molar-refractivity contribution in [3.05, 3.63) is 35.6 Å². The Morgan fingerprint density at radius 1 is 1.44 bits per heavy atom. The molecule has 0 aromatic heterocycles. The highest BCUT2D eigenvalue weighted by Gasteiger charge is 2.27. The topological polar surface area (TPSA) is 63.3 Å². The molecule has 1 amide bonds. The average molecular weight is 225 g/mol. The smallest absolute Gasteiger partial charge is 0.217 e. The molecule has 0 fully saturated rings. The van der Waals surface area contributed by atoms with Crippen LogP contribution in [-0.4, -0.2) is 11.0 Å². The molecule has 0 aliphatic heterocycles. The van der Waals surface area contributed by atoms with Gasteiger partial charge in [0.25, 0.3) is 0 Å². The van der Waals surface area contributed by atoms with Crippen LogP contribution in [0.1, 0.15) is 31.7 Å². The summed E-state index contributed by atoms with van der Waals surface area (Å²) in [4.78, 5) is 10.7. The Kier molecular flexibility index (Phi) is 4.01. The Labute approximate surface area is 94.1 Å². The van der Waals surface area contributed by atoms with E-state index in [4.69, 9.17) is 5.73 Å². The lowest BCUT2D eigenvalue weighted by Crippen LogP contribution is -2.27. The standard InChI is InChI=1S/C12H16FNO2/c1-2-12(16,8-7-11(14)15)9-3-5-10(13)6-4-9/h3-6,16H,2,7-8H2,1H3,(H2,14,15)/t12-/m1/s1. The second kappa shape index (κ2) is 5.07. The molecular formula is C12H16FNO2. The van der Waals surface area contributed by atoms with Crippen LogP contribution in [0.15, 0.2) is 24.3 Å². The third-order valence-electron chi connectivity index (χ3n) is 2.75. The summed E-state index contributed by atoms with van der Waals surface area (Å²) in [6, 6.07) is 5.64. The molecule has 4 heteroatoms. The number of carbonyl (C=O) groups is 1. The Hall–Kier alpha value is -1.42. The summed E-state index contributed by atoms with van der Waals surface area (Å²) in [7, 11) is 0.